The smallest absolute Gasteiger partial charge is 0.411 e. The average molecular weight is 535 g/mol. The van der Waals surface area contributed by atoms with Crippen LogP contribution < -0.4 is 11.1 Å². The van der Waals surface area contributed by atoms with Crippen LogP contribution in [0.3, 0.4) is 0 Å². The van der Waals surface area contributed by atoms with Crippen LogP contribution in [0.4, 0.5) is 14.9 Å². The monoisotopic (exact) mass is 534 g/mol. The number of benzene rings is 3. The zero-order chi connectivity index (χ0) is 28.1. The van der Waals surface area contributed by atoms with Crippen molar-refractivity contribution in [2.24, 2.45) is 5.73 Å². The number of pyridine rings is 1. The molecule has 3 aromatic carbocycles. The standard InChI is InChI=1S/C33H31FN4O2/c1-21-16-25(11-13-30(21)34)32-29(10-5-15-37-32)24-12-14-31(26(17-24)19-35)38-33(39)40-20-27(36)18-23-8-4-7-22-6-2-3-9-28(22)23/h2-3,5-6,8-17,19,27,35H,4,7,18,20,36H2,1H3,(H,38,39)/t27-/m1/s1. The number of amides is 1. The fraction of sp³-hybridized carbons (Fsp3) is 0.182. The van der Waals surface area contributed by atoms with E-state index in [0.29, 0.717) is 28.9 Å². The Morgan fingerprint density at radius 1 is 1.10 bits per heavy atom. The highest BCUT2D eigenvalue weighted by Crippen LogP contribution is 2.33. The number of hydrogen-bond donors (Lipinski definition) is 3. The van der Waals surface area contributed by atoms with E-state index in [-0.39, 0.29) is 18.5 Å². The van der Waals surface area contributed by atoms with Crippen molar-refractivity contribution < 1.29 is 13.9 Å². The molecule has 202 valence electrons. The second-order valence-electron chi connectivity index (χ2n) is 9.92. The van der Waals surface area contributed by atoms with Crippen LogP contribution in [-0.2, 0) is 11.2 Å². The number of halogens is 1. The van der Waals surface area contributed by atoms with Crippen LogP contribution in [0.2, 0.25) is 0 Å². The SMILES string of the molecule is Cc1cc(-c2ncccc2-c2ccc(NC(=O)OC[C@H](N)CC3=CCCc4ccccc43)c(C=N)c2)ccc1F. The van der Waals surface area contributed by atoms with Crippen molar-refractivity contribution in [1.29, 1.82) is 5.41 Å². The molecule has 1 aliphatic rings. The van der Waals surface area contributed by atoms with Crippen LogP contribution in [0.25, 0.3) is 28.0 Å². The van der Waals surface area contributed by atoms with Gasteiger partial charge in [-0.1, -0.05) is 42.5 Å². The van der Waals surface area contributed by atoms with Crippen LogP contribution in [0.15, 0.2) is 85.1 Å². The number of fused-ring (bicyclic) bond motifs is 1. The third-order valence-electron chi connectivity index (χ3n) is 7.07. The first kappa shape index (κ1) is 27.0. The average Bonchev–Trinajstić information content (AvgIpc) is 2.98. The van der Waals surface area contributed by atoms with Crippen molar-refractivity contribution in [2.75, 3.05) is 11.9 Å². The van der Waals surface area contributed by atoms with Crippen molar-refractivity contribution in [1.82, 2.24) is 4.98 Å². The number of nitrogens with zero attached hydrogens (tertiary/aromatic N) is 1. The van der Waals surface area contributed by atoms with Gasteiger partial charge in [0.15, 0.2) is 0 Å². The minimum absolute atomic E-state index is 0.0689. The van der Waals surface area contributed by atoms with E-state index in [4.69, 9.17) is 15.9 Å². The summed E-state index contributed by atoms with van der Waals surface area (Å²) in [5.74, 6) is -0.271. The molecule has 0 aliphatic heterocycles. The largest absolute Gasteiger partial charge is 0.448 e. The molecule has 5 rings (SSSR count). The summed E-state index contributed by atoms with van der Waals surface area (Å²) in [5.41, 5.74) is 14.7. The van der Waals surface area contributed by atoms with E-state index in [9.17, 15) is 9.18 Å². The number of allylic oxidation sites excluding steroid dienone is 1. The lowest BCUT2D eigenvalue weighted by atomic mass is 9.88. The maximum atomic E-state index is 13.8. The number of anilines is 1. The summed E-state index contributed by atoms with van der Waals surface area (Å²) in [7, 11) is 0. The molecule has 7 heteroatoms. The number of nitrogens with two attached hydrogens (primary N) is 1. The van der Waals surface area contributed by atoms with Gasteiger partial charge < -0.3 is 15.9 Å². The van der Waals surface area contributed by atoms with Gasteiger partial charge in [0, 0.05) is 35.1 Å². The molecule has 1 aliphatic carbocycles. The minimum Gasteiger partial charge on any atom is -0.448 e. The summed E-state index contributed by atoms with van der Waals surface area (Å²) in [6.07, 6.45) is 7.07. The Bertz CT molecular complexity index is 1600. The lowest BCUT2D eigenvalue weighted by Gasteiger charge is -2.20. The van der Waals surface area contributed by atoms with Gasteiger partial charge in [-0.2, -0.15) is 0 Å². The molecule has 1 heterocycles. The second-order valence-corrected chi connectivity index (χ2v) is 9.92. The second kappa shape index (κ2) is 12.1. The summed E-state index contributed by atoms with van der Waals surface area (Å²) in [5, 5.41) is 10.7. The fourth-order valence-electron chi connectivity index (χ4n) is 5.05. The number of hydrogen-bond acceptors (Lipinski definition) is 5. The lowest BCUT2D eigenvalue weighted by molar-refractivity contribution is 0.154. The van der Waals surface area contributed by atoms with Crippen molar-refractivity contribution in [3.8, 4) is 22.4 Å². The number of ether oxygens (including phenoxy) is 1. The zero-order valence-electron chi connectivity index (χ0n) is 22.3. The first-order valence-electron chi connectivity index (χ1n) is 13.3. The molecule has 0 radical (unpaired) electrons. The third kappa shape index (κ3) is 6.00. The van der Waals surface area contributed by atoms with E-state index in [0.717, 1.165) is 29.5 Å². The molecule has 1 atom stereocenters. The summed E-state index contributed by atoms with van der Waals surface area (Å²) in [6, 6.07) is 22.0. The molecule has 0 saturated carbocycles. The van der Waals surface area contributed by atoms with Gasteiger partial charge in [-0.05, 0) is 90.4 Å². The van der Waals surface area contributed by atoms with E-state index in [1.54, 1.807) is 37.4 Å². The van der Waals surface area contributed by atoms with Crippen molar-refractivity contribution >= 4 is 23.6 Å². The topological polar surface area (TPSA) is 101 Å². The number of carbonyl (C=O) groups is 1. The first-order chi connectivity index (χ1) is 19.4. The fourth-order valence-corrected chi connectivity index (χ4v) is 5.05. The number of rotatable bonds is 8. The van der Waals surface area contributed by atoms with Crippen molar-refractivity contribution in [3.05, 3.63) is 113 Å². The quantitative estimate of drug-likeness (QED) is 0.209. The zero-order valence-corrected chi connectivity index (χ0v) is 22.3. The maximum absolute atomic E-state index is 13.8. The molecule has 0 spiro atoms. The predicted octanol–water partition coefficient (Wildman–Crippen LogP) is 7.16. The minimum atomic E-state index is -0.631. The summed E-state index contributed by atoms with van der Waals surface area (Å²) in [6.45, 7) is 1.78. The van der Waals surface area contributed by atoms with E-state index in [1.165, 1.54) is 29.0 Å². The van der Waals surface area contributed by atoms with Gasteiger partial charge in [0.1, 0.15) is 12.4 Å². The molecule has 0 saturated heterocycles. The maximum Gasteiger partial charge on any atom is 0.411 e. The number of nitrogens with one attached hydrogen (secondary N) is 2. The Labute approximate surface area is 233 Å². The molecule has 0 bridgehead atoms. The van der Waals surface area contributed by atoms with Crippen molar-refractivity contribution in [2.45, 2.75) is 32.2 Å². The Balaban J connectivity index is 1.25. The van der Waals surface area contributed by atoms with Gasteiger partial charge in [0.05, 0.1) is 11.4 Å². The van der Waals surface area contributed by atoms with E-state index in [1.807, 2.05) is 30.3 Å². The van der Waals surface area contributed by atoms with Gasteiger partial charge in [-0.15, -0.1) is 0 Å². The van der Waals surface area contributed by atoms with Crippen LogP contribution >= 0.6 is 0 Å². The molecule has 1 amide bonds. The lowest BCUT2D eigenvalue weighted by Crippen LogP contribution is -2.30. The third-order valence-corrected chi connectivity index (χ3v) is 7.07. The summed E-state index contributed by atoms with van der Waals surface area (Å²) >= 11 is 0. The van der Waals surface area contributed by atoms with Gasteiger partial charge >= 0.3 is 6.09 Å². The first-order valence-corrected chi connectivity index (χ1v) is 13.3. The molecule has 1 aromatic heterocycles. The molecule has 6 nitrogen and oxygen atoms in total. The van der Waals surface area contributed by atoms with Crippen LogP contribution in [-0.4, -0.2) is 29.9 Å². The summed E-state index contributed by atoms with van der Waals surface area (Å²) in [4.78, 5) is 17.1. The van der Waals surface area contributed by atoms with Crippen LogP contribution in [0.5, 0.6) is 0 Å². The Morgan fingerprint density at radius 3 is 2.73 bits per heavy atom. The molecular formula is C33H31FN4O2. The summed E-state index contributed by atoms with van der Waals surface area (Å²) < 4.78 is 19.3. The normalized spacial score (nSPS) is 13.1. The van der Waals surface area contributed by atoms with E-state index < -0.39 is 6.09 Å². The Kier molecular flexibility index (Phi) is 8.12. The molecule has 0 fully saturated rings. The van der Waals surface area contributed by atoms with Crippen LogP contribution in [0, 0.1) is 18.2 Å². The van der Waals surface area contributed by atoms with Crippen molar-refractivity contribution in [3.63, 3.8) is 0 Å². The van der Waals surface area contributed by atoms with Crippen LogP contribution in [0.1, 0.15) is 35.1 Å². The van der Waals surface area contributed by atoms with Gasteiger partial charge in [-0.3, -0.25) is 10.3 Å². The molecular weight excluding hydrogens is 503 g/mol. The number of aromatic nitrogens is 1. The van der Waals surface area contributed by atoms with Gasteiger partial charge in [-0.25, -0.2) is 9.18 Å². The van der Waals surface area contributed by atoms with Gasteiger partial charge in [0.25, 0.3) is 0 Å². The Hall–Kier alpha value is -4.62. The highest BCUT2D eigenvalue weighted by molar-refractivity contribution is 5.96. The van der Waals surface area contributed by atoms with E-state index >= 15 is 0 Å². The molecule has 4 N–H and O–H groups in total. The molecule has 4 aromatic rings. The Morgan fingerprint density at radius 2 is 1.90 bits per heavy atom. The number of carbonyl (C=O) groups excluding carboxylic acids is 1. The predicted molar refractivity (Wildman–Crippen MR) is 158 cm³/mol. The molecule has 40 heavy (non-hydrogen) atoms. The van der Waals surface area contributed by atoms with E-state index in [2.05, 4.69) is 28.5 Å². The highest BCUT2D eigenvalue weighted by Gasteiger charge is 2.17. The molecule has 0 unspecified atom stereocenters. The highest BCUT2D eigenvalue weighted by atomic mass is 19.1. The van der Waals surface area contributed by atoms with Gasteiger partial charge in [0.2, 0.25) is 0 Å². The number of aryl methyl sites for hydroxylation is 2.